The molecule has 0 radical (unpaired) electrons. The quantitative estimate of drug-likeness (QED) is 0.739. The highest BCUT2D eigenvalue weighted by Gasteiger charge is 2.16. The van der Waals surface area contributed by atoms with Gasteiger partial charge < -0.3 is 14.6 Å². The second-order valence-corrected chi connectivity index (χ2v) is 3.08. The highest BCUT2D eigenvalue weighted by Crippen LogP contribution is 2.32. The minimum Gasteiger partial charge on any atom is -0.457 e. The summed E-state index contributed by atoms with van der Waals surface area (Å²) in [6.07, 6.45) is -0.677. The van der Waals surface area contributed by atoms with Gasteiger partial charge in [-0.25, -0.2) is 0 Å². The summed E-state index contributed by atoms with van der Waals surface area (Å²) in [6, 6.07) is 5.29. The number of fused-ring (bicyclic) bond motifs is 2. The molecule has 4 heteroatoms. The SMILES string of the molecule is OC(CCl)c1ccc2cc1OCO2. The van der Waals surface area contributed by atoms with Gasteiger partial charge in [-0.1, -0.05) is 0 Å². The van der Waals surface area contributed by atoms with E-state index in [0.717, 1.165) is 5.75 Å². The molecule has 0 aromatic heterocycles. The Balaban J connectivity index is 2.37. The van der Waals surface area contributed by atoms with Gasteiger partial charge in [-0.15, -0.1) is 11.6 Å². The summed E-state index contributed by atoms with van der Waals surface area (Å²) in [6.45, 7) is 0.198. The predicted octanol–water partition coefficient (Wildman–Crippen LogP) is 1.69. The van der Waals surface area contributed by atoms with Gasteiger partial charge in [0, 0.05) is 11.6 Å². The summed E-state index contributed by atoms with van der Waals surface area (Å²) >= 11 is 5.54. The van der Waals surface area contributed by atoms with E-state index in [1.54, 1.807) is 18.2 Å². The number of rotatable bonds is 2. The lowest BCUT2D eigenvalue weighted by atomic mass is 10.1. The predicted molar refractivity (Wildman–Crippen MR) is 48.2 cm³/mol. The van der Waals surface area contributed by atoms with Gasteiger partial charge in [-0.3, -0.25) is 0 Å². The van der Waals surface area contributed by atoms with Gasteiger partial charge in [0.05, 0.1) is 12.0 Å². The molecule has 70 valence electrons. The number of hydrogen-bond donors (Lipinski definition) is 1. The Morgan fingerprint density at radius 2 is 2.31 bits per heavy atom. The number of aliphatic hydroxyl groups excluding tert-OH is 1. The molecular weight excluding hydrogens is 192 g/mol. The van der Waals surface area contributed by atoms with E-state index < -0.39 is 6.10 Å². The molecule has 0 fully saturated rings. The number of benzene rings is 1. The molecule has 1 aromatic carbocycles. The standard InChI is InChI=1S/C9H9ClO3/c10-4-8(11)7-2-1-6-3-9(7)13-5-12-6/h1-3,8,11H,4-5H2. The third-order valence-electron chi connectivity index (χ3n) is 1.93. The van der Waals surface area contributed by atoms with Gasteiger partial charge in [0.25, 0.3) is 0 Å². The molecular formula is C9H9ClO3. The third-order valence-corrected chi connectivity index (χ3v) is 2.22. The molecule has 1 aliphatic rings. The van der Waals surface area contributed by atoms with Crippen LogP contribution in [0.4, 0.5) is 0 Å². The third kappa shape index (κ3) is 1.57. The topological polar surface area (TPSA) is 38.7 Å². The molecule has 2 bridgehead atoms. The van der Waals surface area contributed by atoms with Gasteiger partial charge >= 0.3 is 0 Å². The fourth-order valence-electron chi connectivity index (χ4n) is 1.25. The van der Waals surface area contributed by atoms with Crippen LogP contribution < -0.4 is 9.47 Å². The van der Waals surface area contributed by atoms with Crippen molar-refractivity contribution in [2.45, 2.75) is 6.10 Å². The van der Waals surface area contributed by atoms with Crippen LogP contribution in [0.3, 0.4) is 0 Å². The summed E-state index contributed by atoms with van der Waals surface area (Å²) in [4.78, 5) is 0. The molecule has 0 spiro atoms. The van der Waals surface area contributed by atoms with Gasteiger partial charge in [0.2, 0.25) is 6.79 Å². The first-order valence-electron chi connectivity index (χ1n) is 3.95. The summed E-state index contributed by atoms with van der Waals surface area (Å²) < 4.78 is 10.3. The van der Waals surface area contributed by atoms with Crippen LogP contribution in [0.25, 0.3) is 0 Å². The van der Waals surface area contributed by atoms with Crippen molar-refractivity contribution in [3.63, 3.8) is 0 Å². The lowest BCUT2D eigenvalue weighted by molar-refractivity contribution is 0.0987. The number of aliphatic hydroxyl groups is 1. The smallest absolute Gasteiger partial charge is 0.230 e. The van der Waals surface area contributed by atoms with Crippen molar-refractivity contribution in [2.75, 3.05) is 12.7 Å². The molecule has 2 rings (SSSR count). The molecule has 0 aliphatic carbocycles. The maximum Gasteiger partial charge on any atom is 0.230 e. The van der Waals surface area contributed by atoms with E-state index in [9.17, 15) is 5.11 Å². The van der Waals surface area contributed by atoms with E-state index in [-0.39, 0.29) is 12.7 Å². The summed E-state index contributed by atoms with van der Waals surface area (Å²) in [5, 5.41) is 9.50. The van der Waals surface area contributed by atoms with E-state index >= 15 is 0 Å². The van der Waals surface area contributed by atoms with Crippen LogP contribution in [0.2, 0.25) is 0 Å². The molecule has 0 saturated heterocycles. The maximum absolute atomic E-state index is 9.50. The molecule has 1 aliphatic heterocycles. The maximum atomic E-state index is 9.50. The number of hydrogen-bond acceptors (Lipinski definition) is 3. The van der Waals surface area contributed by atoms with Crippen molar-refractivity contribution in [3.05, 3.63) is 23.8 Å². The van der Waals surface area contributed by atoms with Crippen molar-refractivity contribution < 1.29 is 14.6 Å². The Morgan fingerprint density at radius 3 is 3.08 bits per heavy atom. The second-order valence-electron chi connectivity index (χ2n) is 2.78. The minimum absolute atomic E-state index is 0.163. The summed E-state index contributed by atoms with van der Waals surface area (Å²) in [5.74, 6) is 1.57. The van der Waals surface area contributed by atoms with Crippen LogP contribution in [0.5, 0.6) is 11.5 Å². The van der Waals surface area contributed by atoms with Gasteiger partial charge in [-0.05, 0) is 12.1 Å². The number of alkyl halides is 1. The van der Waals surface area contributed by atoms with Crippen molar-refractivity contribution >= 4 is 11.6 Å². The van der Waals surface area contributed by atoms with Crippen LogP contribution >= 0.6 is 11.6 Å². The lowest BCUT2D eigenvalue weighted by Crippen LogP contribution is -2.13. The second kappa shape index (κ2) is 3.44. The normalized spacial score (nSPS) is 15.8. The molecule has 3 nitrogen and oxygen atoms in total. The lowest BCUT2D eigenvalue weighted by Gasteiger charge is -2.20. The minimum atomic E-state index is -0.677. The van der Waals surface area contributed by atoms with Gasteiger partial charge in [0.1, 0.15) is 11.5 Å². The first-order chi connectivity index (χ1) is 6.31. The number of halogens is 1. The first kappa shape index (κ1) is 8.66. The molecule has 1 atom stereocenters. The van der Waals surface area contributed by atoms with E-state index in [1.807, 2.05) is 0 Å². The van der Waals surface area contributed by atoms with Crippen molar-refractivity contribution in [1.82, 2.24) is 0 Å². The van der Waals surface area contributed by atoms with Crippen molar-refractivity contribution in [1.29, 1.82) is 0 Å². The first-order valence-corrected chi connectivity index (χ1v) is 4.48. The molecule has 13 heavy (non-hydrogen) atoms. The average Bonchev–Trinajstić information content (AvgIpc) is 2.18. The highest BCUT2D eigenvalue weighted by atomic mass is 35.5. The summed E-state index contributed by atoms with van der Waals surface area (Å²) in [7, 11) is 0. The Kier molecular flexibility index (Phi) is 2.29. The Morgan fingerprint density at radius 1 is 1.46 bits per heavy atom. The van der Waals surface area contributed by atoms with Crippen molar-refractivity contribution in [3.8, 4) is 11.5 Å². The number of ether oxygens (including phenoxy) is 2. The zero-order valence-electron chi connectivity index (χ0n) is 6.87. The van der Waals surface area contributed by atoms with Gasteiger partial charge in [-0.2, -0.15) is 0 Å². The van der Waals surface area contributed by atoms with Crippen LogP contribution in [0.1, 0.15) is 11.7 Å². The molecule has 1 N–H and O–H groups in total. The molecule has 1 unspecified atom stereocenters. The van der Waals surface area contributed by atoms with Crippen LogP contribution in [0, 0.1) is 0 Å². The van der Waals surface area contributed by atoms with E-state index in [4.69, 9.17) is 21.1 Å². The molecule has 1 heterocycles. The molecule has 0 saturated carbocycles. The molecule has 1 aromatic rings. The fourth-order valence-corrected chi connectivity index (χ4v) is 1.42. The Hall–Kier alpha value is -0.930. The van der Waals surface area contributed by atoms with E-state index in [0.29, 0.717) is 11.3 Å². The Labute approximate surface area is 80.8 Å². The van der Waals surface area contributed by atoms with E-state index in [2.05, 4.69) is 0 Å². The van der Waals surface area contributed by atoms with E-state index in [1.165, 1.54) is 0 Å². The van der Waals surface area contributed by atoms with Gasteiger partial charge in [0.15, 0.2) is 0 Å². The highest BCUT2D eigenvalue weighted by molar-refractivity contribution is 6.18. The monoisotopic (exact) mass is 200 g/mol. The Bertz CT molecular complexity index is 314. The molecule has 0 amide bonds. The van der Waals surface area contributed by atoms with Crippen LogP contribution in [-0.4, -0.2) is 17.8 Å². The summed E-state index contributed by atoms with van der Waals surface area (Å²) in [5.41, 5.74) is 0.710. The van der Waals surface area contributed by atoms with Crippen LogP contribution in [-0.2, 0) is 0 Å². The van der Waals surface area contributed by atoms with Crippen LogP contribution in [0.15, 0.2) is 18.2 Å². The van der Waals surface area contributed by atoms with Crippen molar-refractivity contribution in [2.24, 2.45) is 0 Å². The average molecular weight is 201 g/mol. The zero-order valence-corrected chi connectivity index (χ0v) is 7.62. The largest absolute Gasteiger partial charge is 0.457 e. The zero-order chi connectivity index (χ0) is 9.26. The fraction of sp³-hybridized carbons (Fsp3) is 0.333.